The molecule has 172 valence electrons. The highest BCUT2D eigenvalue weighted by molar-refractivity contribution is 7.80. The standard InChI is InChI=1S/C22H24F3N3O3S/c1-2-15-3-6-17(7-4-15)31-14-20(29)27-21(32)26-18-13-16(22(23,24)25)5-8-19(18)28-9-11-30-12-10-28/h3-8,13H,2,9-12,14H2,1H3,(H2,26,27,29,32). The van der Waals surface area contributed by atoms with E-state index >= 15 is 0 Å². The summed E-state index contributed by atoms with van der Waals surface area (Å²) in [7, 11) is 0. The van der Waals surface area contributed by atoms with E-state index in [-0.39, 0.29) is 17.4 Å². The Bertz CT molecular complexity index is 946. The summed E-state index contributed by atoms with van der Waals surface area (Å²) in [6, 6.07) is 10.7. The van der Waals surface area contributed by atoms with Gasteiger partial charge in [-0.15, -0.1) is 0 Å². The van der Waals surface area contributed by atoms with Crippen molar-refractivity contribution in [2.75, 3.05) is 43.1 Å². The van der Waals surface area contributed by atoms with E-state index < -0.39 is 17.6 Å². The van der Waals surface area contributed by atoms with Crippen molar-refractivity contribution >= 4 is 34.6 Å². The minimum atomic E-state index is -4.51. The van der Waals surface area contributed by atoms with Crippen LogP contribution in [0.2, 0.25) is 0 Å². The number of hydrogen-bond acceptors (Lipinski definition) is 5. The van der Waals surface area contributed by atoms with Gasteiger partial charge in [-0.1, -0.05) is 19.1 Å². The average molecular weight is 468 g/mol. The van der Waals surface area contributed by atoms with Gasteiger partial charge in [-0.05, 0) is 54.5 Å². The zero-order chi connectivity index (χ0) is 23.1. The topological polar surface area (TPSA) is 62.8 Å². The van der Waals surface area contributed by atoms with E-state index in [1.165, 1.54) is 6.07 Å². The third-order valence-electron chi connectivity index (χ3n) is 4.88. The molecule has 1 amide bonds. The van der Waals surface area contributed by atoms with Crippen LogP contribution < -0.4 is 20.3 Å². The highest BCUT2D eigenvalue weighted by Gasteiger charge is 2.31. The number of morpholine rings is 1. The first kappa shape index (κ1) is 23.8. The van der Waals surface area contributed by atoms with Gasteiger partial charge in [0, 0.05) is 13.1 Å². The summed E-state index contributed by atoms with van der Waals surface area (Å²) in [5, 5.41) is 5.05. The highest BCUT2D eigenvalue weighted by Crippen LogP contribution is 2.35. The fraction of sp³-hybridized carbons (Fsp3) is 0.364. The molecule has 10 heteroatoms. The lowest BCUT2D eigenvalue weighted by Crippen LogP contribution is -2.39. The summed E-state index contributed by atoms with van der Waals surface area (Å²) in [4.78, 5) is 14.1. The van der Waals surface area contributed by atoms with Crippen LogP contribution in [0, 0.1) is 0 Å². The minimum absolute atomic E-state index is 0.117. The molecule has 0 spiro atoms. The maximum absolute atomic E-state index is 13.2. The number of carbonyl (C=O) groups excluding carboxylic acids is 1. The number of hydrogen-bond donors (Lipinski definition) is 2. The minimum Gasteiger partial charge on any atom is -0.484 e. The van der Waals surface area contributed by atoms with Gasteiger partial charge in [0.15, 0.2) is 11.7 Å². The molecule has 0 bridgehead atoms. The largest absolute Gasteiger partial charge is 0.484 e. The Morgan fingerprint density at radius 2 is 1.84 bits per heavy atom. The second-order valence-electron chi connectivity index (χ2n) is 7.12. The van der Waals surface area contributed by atoms with Gasteiger partial charge in [-0.3, -0.25) is 10.1 Å². The predicted molar refractivity (Wildman–Crippen MR) is 120 cm³/mol. The first-order chi connectivity index (χ1) is 15.3. The fourth-order valence-electron chi connectivity index (χ4n) is 3.18. The molecule has 0 atom stereocenters. The Hall–Kier alpha value is -2.85. The van der Waals surface area contributed by atoms with Gasteiger partial charge < -0.3 is 19.7 Å². The summed E-state index contributed by atoms with van der Waals surface area (Å²) in [6.07, 6.45) is -3.62. The van der Waals surface area contributed by atoms with E-state index in [0.29, 0.717) is 37.7 Å². The van der Waals surface area contributed by atoms with E-state index in [1.54, 1.807) is 12.1 Å². The molecule has 0 aliphatic carbocycles. The van der Waals surface area contributed by atoms with E-state index in [4.69, 9.17) is 21.7 Å². The number of thiocarbonyl (C=S) groups is 1. The molecule has 3 rings (SSSR count). The smallest absolute Gasteiger partial charge is 0.416 e. The van der Waals surface area contributed by atoms with Crippen LogP contribution in [-0.2, 0) is 22.1 Å². The van der Waals surface area contributed by atoms with E-state index in [9.17, 15) is 18.0 Å². The molecule has 0 unspecified atom stereocenters. The van der Waals surface area contributed by atoms with Gasteiger partial charge in [0.25, 0.3) is 5.91 Å². The van der Waals surface area contributed by atoms with Crippen LogP contribution >= 0.6 is 12.2 Å². The third kappa shape index (κ3) is 6.57. The third-order valence-corrected chi connectivity index (χ3v) is 5.08. The first-order valence-corrected chi connectivity index (χ1v) is 10.5. The number of nitrogens with zero attached hydrogens (tertiary/aromatic N) is 1. The average Bonchev–Trinajstić information content (AvgIpc) is 2.78. The number of amides is 1. The van der Waals surface area contributed by atoms with Crippen molar-refractivity contribution in [3.05, 3.63) is 53.6 Å². The monoisotopic (exact) mass is 467 g/mol. The van der Waals surface area contributed by atoms with Gasteiger partial charge in [-0.25, -0.2) is 0 Å². The van der Waals surface area contributed by atoms with Crippen LogP contribution in [0.1, 0.15) is 18.1 Å². The molecular weight excluding hydrogens is 443 g/mol. The Morgan fingerprint density at radius 1 is 1.16 bits per heavy atom. The summed E-state index contributed by atoms with van der Waals surface area (Å²) in [6.45, 7) is 3.75. The number of alkyl halides is 3. The van der Waals surface area contributed by atoms with Crippen LogP contribution in [0.4, 0.5) is 24.5 Å². The van der Waals surface area contributed by atoms with Crippen LogP contribution in [0.3, 0.4) is 0 Å². The molecule has 1 heterocycles. The SMILES string of the molecule is CCc1ccc(OCC(=O)NC(=S)Nc2cc(C(F)(F)F)ccc2N2CCOCC2)cc1. The molecule has 1 fully saturated rings. The zero-order valence-electron chi connectivity index (χ0n) is 17.5. The summed E-state index contributed by atoms with van der Waals surface area (Å²) in [5.74, 6) is 0.00526. The number of ether oxygens (including phenoxy) is 2. The highest BCUT2D eigenvalue weighted by atomic mass is 32.1. The summed E-state index contributed by atoms with van der Waals surface area (Å²) < 4.78 is 50.4. The maximum atomic E-state index is 13.2. The van der Waals surface area contributed by atoms with Gasteiger partial charge in [0.1, 0.15) is 5.75 Å². The van der Waals surface area contributed by atoms with Crippen molar-refractivity contribution in [1.82, 2.24) is 5.32 Å². The van der Waals surface area contributed by atoms with E-state index in [1.807, 2.05) is 24.0 Å². The van der Waals surface area contributed by atoms with Crippen LogP contribution in [0.5, 0.6) is 5.75 Å². The number of carbonyl (C=O) groups is 1. The lowest BCUT2D eigenvalue weighted by atomic mass is 10.1. The molecule has 0 aromatic heterocycles. The quantitative estimate of drug-likeness (QED) is 0.627. The predicted octanol–water partition coefficient (Wildman–Crippen LogP) is 4.00. The lowest BCUT2D eigenvalue weighted by Gasteiger charge is -2.31. The molecule has 0 radical (unpaired) electrons. The Labute approximate surface area is 189 Å². The van der Waals surface area contributed by atoms with Crippen LogP contribution in [0.15, 0.2) is 42.5 Å². The molecule has 2 N–H and O–H groups in total. The van der Waals surface area contributed by atoms with E-state index in [2.05, 4.69) is 10.6 Å². The maximum Gasteiger partial charge on any atom is 0.416 e. The first-order valence-electron chi connectivity index (χ1n) is 10.1. The number of anilines is 2. The van der Waals surface area contributed by atoms with Crippen molar-refractivity contribution in [2.45, 2.75) is 19.5 Å². The molecule has 6 nitrogen and oxygen atoms in total. The number of halogens is 3. The Balaban J connectivity index is 1.64. The normalized spacial score (nSPS) is 14.1. The second-order valence-corrected chi connectivity index (χ2v) is 7.53. The molecule has 1 saturated heterocycles. The number of nitrogens with one attached hydrogen (secondary N) is 2. The molecule has 1 aliphatic heterocycles. The van der Waals surface area contributed by atoms with E-state index in [0.717, 1.165) is 24.1 Å². The second kappa shape index (κ2) is 10.6. The summed E-state index contributed by atoms with van der Waals surface area (Å²) >= 11 is 5.15. The van der Waals surface area contributed by atoms with Crippen LogP contribution in [-0.4, -0.2) is 43.9 Å². The van der Waals surface area contributed by atoms with Crippen molar-refractivity contribution < 1.29 is 27.4 Å². The lowest BCUT2D eigenvalue weighted by molar-refractivity contribution is -0.137. The van der Waals surface area contributed by atoms with Crippen molar-refractivity contribution in [3.8, 4) is 5.75 Å². The number of rotatable bonds is 6. The van der Waals surface area contributed by atoms with Crippen molar-refractivity contribution in [3.63, 3.8) is 0 Å². The molecule has 1 aliphatic rings. The van der Waals surface area contributed by atoms with Gasteiger partial charge in [0.2, 0.25) is 0 Å². The molecule has 2 aromatic rings. The molecule has 2 aromatic carbocycles. The fourth-order valence-corrected chi connectivity index (χ4v) is 3.40. The Morgan fingerprint density at radius 3 is 2.47 bits per heavy atom. The summed E-state index contributed by atoms with van der Waals surface area (Å²) in [5.41, 5.74) is 1.03. The number of aryl methyl sites for hydroxylation is 1. The molecular formula is C22H24F3N3O3S. The van der Waals surface area contributed by atoms with Crippen molar-refractivity contribution in [1.29, 1.82) is 0 Å². The molecule has 0 saturated carbocycles. The Kier molecular flexibility index (Phi) is 7.92. The van der Waals surface area contributed by atoms with Gasteiger partial charge >= 0.3 is 6.18 Å². The van der Waals surface area contributed by atoms with Gasteiger partial charge in [-0.2, -0.15) is 13.2 Å². The number of benzene rings is 2. The molecule has 32 heavy (non-hydrogen) atoms. The zero-order valence-corrected chi connectivity index (χ0v) is 18.3. The van der Waals surface area contributed by atoms with Gasteiger partial charge in [0.05, 0.1) is 30.2 Å². The van der Waals surface area contributed by atoms with Crippen LogP contribution in [0.25, 0.3) is 0 Å². The van der Waals surface area contributed by atoms with Crippen molar-refractivity contribution in [2.24, 2.45) is 0 Å².